The highest BCUT2D eigenvalue weighted by atomic mass is 16.6. The van der Waals surface area contributed by atoms with Gasteiger partial charge >= 0.3 is 6.09 Å². The van der Waals surface area contributed by atoms with E-state index in [-0.39, 0.29) is 12.0 Å². The molecule has 1 aliphatic rings. The molecule has 1 aromatic carbocycles. The van der Waals surface area contributed by atoms with Crippen LogP contribution < -0.4 is 5.32 Å². The van der Waals surface area contributed by atoms with Gasteiger partial charge in [-0.2, -0.15) is 0 Å². The van der Waals surface area contributed by atoms with E-state index in [9.17, 15) is 9.59 Å². The molecule has 2 aromatic heterocycles. The van der Waals surface area contributed by atoms with Gasteiger partial charge in [-0.1, -0.05) is 18.2 Å². The third-order valence-electron chi connectivity index (χ3n) is 4.20. The van der Waals surface area contributed by atoms with Crippen LogP contribution in [0.1, 0.15) is 10.4 Å². The lowest BCUT2D eigenvalue weighted by atomic mass is 10.2. The van der Waals surface area contributed by atoms with Gasteiger partial charge < -0.3 is 15.0 Å². The summed E-state index contributed by atoms with van der Waals surface area (Å²) < 4.78 is 6.72. The Labute approximate surface area is 149 Å². The predicted octanol–water partition coefficient (Wildman–Crippen LogP) is 1.60. The molecule has 26 heavy (non-hydrogen) atoms. The first-order chi connectivity index (χ1) is 12.7. The number of fused-ring (bicyclic) bond motifs is 1. The van der Waals surface area contributed by atoms with Crippen LogP contribution in [0.5, 0.6) is 0 Å². The molecular weight excluding hydrogens is 334 g/mol. The van der Waals surface area contributed by atoms with Crippen molar-refractivity contribution < 1.29 is 14.3 Å². The van der Waals surface area contributed by atoms with Crippen molar-refractivity contribution in [3.8, 4) is 5.69 Å². The largest absolute Gasteiger partial charge is 0.448 e. The van der Waals surface area contributed by atoms with Crippen LogP contribution in [0.4, 0.5) is 4.79 Å². The van der Waals surface area contributed by atoms with E-state index >= 15 is 0 Å². The number of carbonyl (C=O) groups excluding carboxylic acids is 2. The summed E-state index contributed by atoms with van der Waals surface area (Å²) in [5.41, 5.74) is 2.72. The Kier molecular flexibility index (Phi) is 4.22. The molecule has 0 atom stereocenters. The molecule has 2 amide bonds. The molecule has 8 nitrogen and oxygen atoms in total. The van der Waals surface area contributed by atoms with Crippen molar-refractivity contribution in [1.82, 2.24) is 24.8 Å². The first kappa shape index (κ1) is 16.1. The molecule has 0 unspecified atom stereocenters. The fraction of sp³-hybridized carbons (Fsp3) is 0.222. The highest BCUT2D eigenvalue weighted by Gasteiger charge is 2.21. The molecule has 3 aromatic rings. The Balaban J connectivity index is 1.45. The molecule has 0 saturated carbocycles. The normalized spacial score (nSPS) is 13.8. The maximum Gasteiger partial charge on any atom is 0.409 e. The van der Waals surface area contributed by atoms with Gasteiger partial charge in [0.25, 0.3) is 5.91 Å². The number of para-hydroxylation sites is 1. The Morgan fingerprint density at radius 1 is 1.23 bits per heavy atom. The number of pyridine rings is 1. The second-order valence-corrected chi connectivity index (χ2v) is 5.87. The Bertz CT molecular complexity index is 954. The second kappa shape index (κ2) is 6.83. The topological polar surface area (TPSA) is 89.3 Å². The van der Waals surface area contributed by atoms with Gasteiger partial charge in [0.15, 0.2) is 5.65 Å². The minimum absolute atomic E-state index is 0.249. The van der Waals surface area contributed by atoms with E-state index < -0.39 is 0 Å². The third kappa shape index (κ3) is 3.08. The second-order valence-electron chi connectivity index (χ2n) is 5.87. The van der Waals surface area contributed by atoms with E-state index in [0.29, 0.717) is 43.0 Å². The Morgan fingerprint density at radius 2 is 2.08 bits per heavy atom. The summed E-state index contributed by atoms with van der Waals surface area (Å²) in [4.78, 5) is 33.9. The maximum absolute atomic E-state index is 12.3. The monoisotopic (exact) mass is 351 g/mol. The van der Waals surface area contributed by atoms with Crippen LogP contribution in [0.3, 0.4) is 0 Å². The zero-order chi connectivity index (χ0) is 17.9. The lowest BCUT2D eigenvalue weighted by Crippen LogP contribution is -2.35. The fourth-order valence-corrected chi connectivity index (χ4v) is 2.84. The van der Waals surface area contributed by atoms with Gasteiger partial charge in [0, 0.05) is 25.0 Å². The van der Waals surface area contributed by atoms with Gasteiger partial charge in [0.05, 0.1) is 12.1 Å². The summed E-state index contributed by atoms with van der Waals surface area (Å²) in [7, 11) is 0. The summed E-state index contributed by atoms with van der Waals surface area (Å²) in [5.74, 6) is -0.249. The number of cyclic esters (lactones) is 1. The number of imidazole rings is 1. The highest BCUT2D eigenvalue weighted by Crippen LogP contribution is 2.17. The van der Waals surface area contributed by atoms with Crippen LogP contribution in [-0.2, 0) is 4.74 Å². The van der Waals surface area contributed by atoms with Crippen LogP contribution in [0.15, 0.2) is 48.9 Å². The molecule has 0 aliphatic carbocycles. The molecule has 1 saturated heterocycles. The molecule has 0 radical (unpaired) electrons. The number of carbonyl (C=O) groups is 2. The van der Waals surface area contributed by atoms with E-state index in [1.54, 1.807) is 17.3 Å². The number of hydrogen-bond donors (Lipinski definition) is 1. The average molecular weight is 351 g/mol. The first-order valence-corrected chi connectivity index (χ1v) is 8.31. The van der Waals surface area contributed by atoms with Gasteiger partial charge in [-0.15, -0.1) is 0 Å². The number of amides is 2. The number of nitrogens with zero attached hydrogens (tertiary/aromatic N) is 4. The quantitative estimate of drug-likeness (QED) is 0.754. The Hall–Kier alpha value is -3.42. The molecular formula is C18H17N5O3. The van der Waals surface area contributed by atoms with Gasteiger partial charge in [0.1, 0.15) is 18.5 Å². The first-order valence-electron chi connectivity index (χ1n) is 8.31. The van der Waals surface area contributed by atoms with Crippen molar-refractivity contribution in [2.45, 2.75) is 0 Å². The van der Waals surface area contributed by atoms with E-state index in [0.717, 1.165) is 5.69 Å². The van der Waals surface area contributed by atoms with E-state index in [1.165, 1.54) is 6.20 Å². The van der Waals surface area contributed by atoms with E-state index in [4.69, 9.17) is 4.74 Å². The van der Waals surface area contributed by atoms with Crippen LogP contribution in [0.2, 0.25) is 0 Å². The van der Waals surface area contributed by atoms with Crippen LogP contribution in [-0.4, -0.2) is 57.7 Å². The van der Waals surface area contributed by atoms with Gasteiger partial charge in [-0.05, 0) is 18.2 Å². The zero-order valence-corrected chi connectivity index (χ0v) is 14.0. The molecule has 3 heterocycles. The van der Waals surface area contributed by atoms with Gasteiger partial charge in [-0.3, -0.25) is 9.36 Å². The fourth-order valence-electron chi connectivity index (χ4n) is 2.84. The highest BCUT2D eigenvalue weighted by molar-refractivity contribution is 5.96. The average Bonchev–Trinajstić information content (AvgIpc) is 3.28. The minimum Gasteiger partial charge on any atom is -0.448 e. The summed E-state index contributed by atoms with van der Waals surface area (Å²) in [5, 5.41) is 2.79. The van der Waals surface area contributed by atoms with Crippen molar-refractivity contribution in [2.75, 3.05) is 26.2 Å². The van der Waals surface area contributed by atoms with Crippen molar-refractivity contribution >= 4 is 23.2 Å². The minimum atomic E-state index is -0.339. The molecule has 1 aliphatic heterocycles. The van der Waals surface area contributed by atoms with Crippen molar-refractivity contribution in [3.05, 3.63) is 54.5 Å². The summed E-state index contributed by atoms with van der Waals surface area (Å²) in [6, 6.07) is 11.5. The third-order valence-corrected chi connectivity index (χ3v) is 4.20. The number of rotatable bonds is 5. The number of benzene rings is 1. The van der Waals surface area contributed by atoms with Gasteiger partial charge in [0.2, 0.25) is 0 Å². The SMILES string of the molecule is O=C(NCCN1CCOC1=O)c1cnc2c(c1)ncn2-c1ccccc1. The number of ether oxygens (including phenoxy) is 1. The summed E-state index contributed by atoms with van der Waals surface area (Å²) >= 11 is 0. The van der Waals surface area contributed by atoms with Crippen molar-refractivity contribution in [3.63, 3.8) is 0 Å². The van der Waals surface area contributed by atoms with Crippen LogP contribution in [0.25, 0.3) is 16.9 Å². The molecule has 0 spiro atoms. The van der Waals surface area contributed by atoms with Crippen LogP contribution in [0, 0.1) is 0 Å². The lowest BCUT2D eigenvalue weighted by molar-refractivity contribution is 0.0948. The van der Waals surface area contributed by atoms with Crippen molar-refractivity contribution in [2.24, 2.45) is 0 Å². The molecule has 8 heteroatoms. The lowest BCUT2D eigenvalue weighted by Gasteiger charge is -2.12. The van der Waals surface area contributed by atoms with E-state index in [2.05, 4.69) is 15.3 Å². The molecule has 132 valence electrons. The molecule has 0 bridgehead atoms. The molecule has 4 rings (SSSR count). The predicted molar refractivity (Wildman–Crippen MR) is 94.1 cm³/mol. The number of hydrogen-bond acceptors (Lipinski definition) is 5. The maximum atomic E-state index is 12.3. The smallest absolute Gasteiger partial charge is 0.409 e. The zero-order valence-electron chi connectivity index (χ0n) is 14.0. The van der Waals surface area contributed by atoms with E-state index in [1.807, 2.05) is 34.9 Å². The standard InChI is InChI=1S/C18H17N5O3/c24-17(19-6-7-22-8-9-26-18(22)25)13-10-15-16(20-11-13)23(12-21-15)14-4-2-1-3-5-14/h1-5,10-12H,6-9H2,(H,19,24). The summed E-state index contributed by atoms with van der Waals surface area (Å²) in [6.07, 6.45) is 2.88. The number of aromatic nitrogens is 3. The summed E-state index contributed by atoms with van der Waals surface area (Å²) in [6.45, 7) is 1.73. The molecule has 1 N–H and O–H groups in total. The van der Waals surface area contributed by atoms with Crippen LogP contribution >= 0.6 is 0 Å². The number of nitrogens with one attached hydrogen (secondary N) is 1. The van der Waals surface area contributed by atoms with Gasteiger partial charge in [-0.25, -0.2) is 14.8 Å². The molecule has 1 fully saturated rings. The Morgan fingerprint density at radius 3 is 2.85 bits per heavy atom. The van der Waals surface area contributed by atoms with Crippen molar-refractivity contribution in [1.29, 1.82) is 0 Å².